The maximum absolute atomic E-state index is 12.8. The van der Waals surface area contributed by atoms with Gasteiger partial charge in [0, 0.05) is 38.8 Å². The molecule has 1 fully saturated rings. The number of hydrogen-bond acceptors (Lipinski definition) is 4. The summed E-state index contributed by atoms with van der Waals surface area (Å²) in [6.07, 6.45) is 0.287. The second-order valence-corrected chi connectivity index (χ2v) is 6.41. The molecule has 0 spiro atoms. The molecule has 1 unspecified atom stereocenters. The third kappa shape index (κ3) is 4.47. The Kier molecular flexibility index (Phi) is 6.20. The fourth-order valence-electron chi connectivity index (χ4n) is 3.09. The number of aryl methyl sites for hydroxylation is 1. The molecule has 1 N–H and O–H groups in total. The third-order valence-corrected chi connectivity index (χ3v) is 4.47. The van der Waals surface area contributed by atoms with E-state index in [1.807, 2.05) is 32.2 Å². The van der Waals surface area contributed by atoms with Crippen molar-refractivity contribution >= 4 is 11.8 Å². The molecule has 2 rings (SSSR count). The number of rotatable bonds is 4. The number of amides is 2. The standard InChI is InChI=1S/C18H27N3O3/c1-13-5-6-16(24-4)14(9-13)10-17(22)21-8-7-20(3)11-15(12-21)18(23)19-2/h5-6,9,15H,7-8,10-12H2,1-4H3,(H,19,23). The Morgan fingerprint density at radius 1 is 1.29 bits per heavy atom. The van der Waals surface area contributed by atoms with E-state index in [0.717, 1.165) is 23.4 Å². The maximum Gasteiger partial charge on any atom is 0.227 e. The van der Waals surface area contributed by atoms with E-state index in [2.05, 4.69) is 10.2 Å². The van der Waals surface area contributed by atoms with Gasteiger partial charge in [-0.2, -0.15) is 0 Å². The van der Waals surface area contributed by atoms with Crippen molar-refractivity contribution in [2.45, 2.75) is 13.3 Å². The Morgan fingerprint density at radius 3 is 2.71 bits per heavy atom. The van der Waals surface area contributed by atoms with Crippen LogP contribution >= 0.6 is 0 Å². The predicted molar refractivity (Wildman–Crippen MR) is 93.1 cm³/mol. The van der Waals surface area contributed by atoms with Gasteiger partial charge in [0.2, 0.25) is 11.8 Å². The lowest BCUT2D eigenvalue weighted by molar-refractivity contribution is -0.132. The summed E-state index contributed by atoms with van der Waals surface area (Å²) in [5.41, 5.74) is 1.98. The highest BCUT2D eigenvalue weighted by atomic mass is 16.5. The molecule has 1 saturated heterocycles. The summed E-state index contributed by atoms with van der Waals surface area (Å²) in [6.45, 7) is 4.52. The van der Waals surface area contributed by atoms with Gasteiger partial charge in [0.15, 0.2) is 0 Å². The number of ether oxygens (including phenoxy) is 1. The van der Waals surface area contributed by atoms with E-state index in [1.54, 1.807) is 19.1 Å². The SMILES string of the molecule is CNC(=O)C1CN(C)CCN(C(=O)Cc2cc(C)ccc2OC)C1. The third-order valence-electron chi connectivity index (χ3n) is 4.47. The molecule has 1 aromatic rings. The van der Waals surface area contributed by atoms with Crippen LogP contribution in [0.3, 0.4) is 0 Å². The highest BCUT2D eigenvalue weighted by molar-refractivity contribution is 5.82. The normalized spacial score (nSPS) is 18.8. The lowest BCUT2D eigenvalue weighted by atomic mass is 10.1. The molecule has 1 atom stereocenters. The molecule has 1 heterocycles. The van der Waals surface area contributed by atoms with Gasteiger partial charge in [0.25, 0.3) is 0 Å². The van der Waals surface area contributed by atoms with Crippen LogP contribution in [0, 0.1) is 12.8 Å². The van der Waals surface area contributed by atoms with Crippen LogP contribution in [0.4, 0.5) is 0 Å². The van der Waals surface area contributed by atoms with Gasteiger partial charge in [-0.3, -0.25) is 9.59 Å². The van der Waals surface area contributed by atoms with E-state index in [4.69, 9.17) is 4.74 Å². The van der Waals surface area contributed by atoms with Gasteiger partial charge < -0.3 is 19.9 Å². The Labute approximate surface area is 143 Å². The summed E-state index contributed by atoms with van der Waals surface area (Å²) < 4.78 is 5.36. The van der Waals surface area contributed by atoms with E-state index >= 15 is 0 Å². The van der Waals surface area contributed by atoms with Crippen molar-refractivity contribution in [1.82, 2.24) is 15.1 Å². The zero-order valence-electron chi connectivity index (χ0n) is 15.0. The molecule has 132 valence electrons. The first-order chi connectivity index (χ1) is 11.4. The van der Waals surface area contributed by atoms with Crippen LogP contribution in [0.25, 0.3) is 0 Å². The van der Waals surface area contributed by atoms with Crippen molar-refractivity contribution < 1.29 is 14.3 Å². The minimum atomic E-state index is -0.203. The van der Waals surface area contributed by atoms with Gasteiger partial charge in [-0.1, -0.05) is 17.7 Å². The van der Waals surface area contributed by atoms with Crippen LogP contribution < -0.4 is 10.1 Å². The fraction of sp³-hybridized carbons (Fsp3) is 0.556. The quantitative estimate of drug-likeness (QED) is 0.880. The number of carbonyl (C=O) groups excluding carboxylic acids is 2. The maximum atomic E-state index is 12.8. The monoisotopic (exact) mass is 333 g/mol. The minimum absolute atomic E-state index is 0.0188. The van der Waals surface area contributed by atoms with E-state index in [0.29, 0.717) is 19.6 Å². The largest absolute Gasteiger partial charge is 0.496 e. The van der Waals surface area contributed by atoms with Crippen molar-refractivity contribution in [3.05, 3.63) is 29.3 Å². The van der Waals surface area contributed by atoms with Crippen LogP contribution in [0.15, 0.2) is 18.2 Å². The molecule has 1 aromatic carbocycles. The number of hydrogen-bond donors (Lipinski definition) is 1. The molecule has 0 aliphatic carbocycles. The summed E-state index contributed by atoms with van der Waals surface area (Å²) in [5.74, 6) is 0.535. The molecule has 6 nitrogen and oxygen atoms in total. The number of methoxy groups -OCH3 is 1. The van der Waals surface area contributed by atoms with Crippen molar-refractivity contribution in [3.8, 4) is 5.75 Å². The molecular weight excluding hydrogens is 306 g/mol. The summed E-state index contributed by atoms with van der Waals surface area (Å²) in [4.78, 5) is 28.7. The first-order valence-electron chi connectivity index (χ1n) is 8.26. The van der Waals surface area contributed by atoms with Gasteiger partial charge in [0.1, 0.15) is 5.75 Å². The molecule has 0 radical (unpaired) electrons. The summed E-state index contributed by atoms with van der Waals surface area (Å²) in [6, 6.07) is 5.84. The molecular formula is C18H27N3O3. The average molecular weight is 333 g/mol. The zero-order valence-corrected chi connectivity index (χ0v) is 15.0. The van der Waals surface area contributed by atoms with Crippen molar-refractivity contribution in [2.75, 3.05) is 47.4 Å². The summed E-state index contributed by atoms with van der Waals surface area (Å²) in [7, 11) is 5.23. The first-order valence-corrected chi connectivity index (χ1v) is 8.26. The second-order valence-electron chi connectivity index (χ2n) is 6.41. The van der Waals surface area contributed by atoms with Crippen LogP contribution in [0.1, 0.15) is 11.1 Å². The van der Waals surface area contributed by atoms with Gasteiger partial charge in [-0.25, -0.2) is 0 Å². The van der Waals surface area contributed by atoms with Crippen LogP contribution in [-0.2, 0) is 16.0 Å². The summed E-state index contributed by atoms with van der Waals surface area (Å²) in [5, 5.41) is 2.69. The highest BCUT2D eigenvalue weighted by Crippen LogP contribution is 2.21. The number of likely N-dealkylation sites (N-methyl/N-ethyl adjacent to an activating group) is 1. The van der Waals surface area contributed by atoms with Gasteiger partial charge in [-0.15, -0.1) is 0 Å². The Balaban J connectivity index is 2.13. The van der Waals surface area contributed by atoms with E-state index in [9.17, 15) is 9.59 Å². The Morgan fingerprint density at radius 2 is 2.04 bits per heavy atom. The average Bonchev–Trinajstić information content (AvgIpc) is 2.76. The minimum Gasteiger partial charge on any atom is -0.496 e. The number of nitrogens with zero attached hydrogens (tertiary/aromatic N) is 2. The first kappa shape index (κ1) is 18.3. The molecule has 0 aromatic heterocycles. The lowest BCUT2D eigenvalue weighted by Crippen LogP contribution is -2.41. The number of carbonyl (C=O) groups is 2. The Hall–Kier alpha value is -2.08. The molecule has 1 aliphatic rings. The molecule has 6 heteroatoms. The van der Waals surface area contributed by atoms with E-state index in [-0.39, 0.29) is 24.2 Å². The van der Waals surface area contributed by atoms with Gasteiger partial charge in [-0.05, 0) is 20.0 Å². The summed E-state index contributed by atoms with van der Waals surface area (Å²) >= 11 is 0. The molecule has 1 aliphatic heterocycles. The van der Waals surface area contributed by atoms with Crippen LogP contribution in [-0.4, -0.2) is 69.0 Å². The lowest BCUT2D eigenvalue weighted by Gasteiger charge is -2.24. The van der Waals surface area contributed by atoms with Gasteiger partial charge in [0.05, 0.1) is 19.4 Å². The van der Waals surface area contributed by atoms with Crippen LogP contribution in [0.5, 0.6) is 5.75 Å². The Bertz CT molecular complexity index is 603. The van der Waals surface area contributed by atoms with E-state index in [1.165, 1.54) is 0 Å². The zero-order chi connectivity index (χ0) is 17.7. The van der Waals surface area contributed by atoms with E-state index < -0.39 is 0 Å². The number of nitrogens with one attached hydrogen (secondary N) is 1. The molecule has 24 heavy (non-hydrogen) atoms. The van der Waals surface area contributed by atoms with Crippen LogP contribution in [0.2, 0.25) is 0 Å². The molecule has 0 bridgehead atoms. The molecule has 2 amide bonds. The highest BCUT2D eigenvalue weighted by Gasteiger charge is 2.28. The molecule has 0 saturated carbocycles. The topological polar surface area (TPSA) is 61.9 Å². The second kappa shape index (κ2) is 8.15. The van der Waals surface area contributed by atoms with Gasteiger partial charge >= 0.3 is 0 Å². The fourth-order valence-corrected chi connectivity index (χ4v) is 3.09. The van der Waals surface area contributed by atoms with Crippen molar-refractivity contribution in [2.24, 2.45) is 5.92 Å². The van der Waals surface area contributed by atoms with Crippen molar-refractivity contribution in [1.29, 1.82) is 0 Å². The smallest absolute Gasteiger partial charge is 0.227 e. The van der Waals surface area contributed by atoms with Crippen molar-refractivity contribution in [3.63, 3.8) is 0 Å². The predicted octanol–water partition coefficient (Wildman–Crippen LogP) is 0.682. The number of benzene rings is 1.